The molecule has 0 amide bonds. The Bertz CT molecular complexity index is 754. The zero-order valence-corrected chi connectivity index (χ0v) is 17.9. The van der Waals surface area contributed by atoms with E-state index in [2.05, 4.69) is 66.8 Å². The summed E-state index contributed by atoms with van der Waals surface area (Å²) in [6.07, 6.45) is 9.83. The van der Waals surface area contributed by atoms with Crippen LogP contribution in [0.4, 0.5) is 0 Å². The van der Waals surface area contributed by atoms with Crippen LogP contribution in [0, 0.1) is 12.8 Å². The Hall–Kier alpha value is -1.94. The maximum atomic E-state index is 6.03. The zero-order chi connectivity index (χ0) is 20.0. The Balaban J connectivity index is 1.54. The molecule has 0 bridgehead atoms. The first kappa shape index (κ1) is 20.8. The molecular formula is C24H35N3O. The molecule has 4 heteroatoms. The van der Waals surface area contributed by atoms with E-state index < -0.39 is 0 Å². The van der Waals surface area contributed by atoms with E-state index in [9.17, 15) is 0 Å². The van der Waals surface area contributed by atoms with E-state index >= 15 is 0 Å². The minimum absolute atomic E-state index is 0.260. The van der Waals surface area contributed by atoms with Crippen molar-refractivity contribution in [2.75, 3.05) is 13.1 Å². The number of aryl methyl sites for hydroxylation is 2. The topological polar surface area (TPSA) is 38.2 Å². The molecule has 4 nitrogen and oxygen atoms in total. The number of ether oxygens (including phenoxy) is 1. The molecule has 152 valence electrons. The summed E-state index contributed by atoms with van der Waals surface area (Å²) in [7, 11) is 0. The number of hydrogen-bond acceptors (Lipinski definition) is 4. The lowest BCUT2D eigenvalue weighted by atomic mass is 9.92. The number of nitrogens with zero attached hydrogens (tertiary/aromatic N) is 3. The monoisotopic (exact) mass is 381 g/mol. The van der Waals surface area contributed by atoms with Gasteiger partial charge in [-0.2, -0.15) is 0 Å². The van der Waals surface area contributed by atoms with Crippen LogP contribution in [0.2, 0.25) is 0 Å². The molecule has 28 heavy (non-hydrogen) atoms. The molecule has 1 aromatic heterocycles. The lowest BCUT2D eigenvalue weighted by Gasteiger charge is -2.24. The molecule has 0 spiro atoms. The third kappa shape index (κ3) is 6.30. The smallest absolute Gasteiger partial charge is 0.237 e. The number of benzene rings is 1. The standard InChI is InChI=1S/C24H35N3O/c1-19-8-5-6-10-21(19)12-11-20-9-7-16-27(17-13-20)18-22-23(26-15-14-25-22)28-24(2,3)4/h5-6,8,10,14-15,20H,7,9,11-13,16-18H2,1-4H3. The van der Waals surface area contributed by atoms with Gasteiger partial charge >= 0.3 is 0 Å². The number of hydrogen-bond donors (Lipinski definition) is 0. The van der Waals surface area contributed by atoms with Crippen LogP contribution in [0.25, 0.3) is 0 Å². The minimum atomic E-state index is -0.260. The molecule has 0 N–H and O–H groups in total. The van der Waals surface area contributed by atoms with Crippen LogP contribution in [0.1, 0.15) is 63.3 Å². The van der Waals surface area contributed by atoms with Gasteiger partial charge in [-0.3, -0.25) is 9.88 Å². The molecule has 1 aliphatic heterocycles. The quantitative estimate of drug-likeness (QED) is 0.689. The van der Waals surface area contributed by atoms with Gasteiger partial charge in [0.1, 0.15) is 11.3 Å². The van der Waals surface area contributed by atoms with E-state index in [4.69, 9.17) is 4.74 Å². The van der Waals surface area contributed by atoms with Crippen molar-refractivity contribution in [3.63, 3.8) is 0 Å². The number of aromatic nitrogens is 2. The van der Waals surface area contributed by atoms with Crippen molar-refractivity contribution in [3.05, 3.63) is 53.5 Å². The van der Waals surface area contributed by atoms with E-state index in [0.717, 1.165) is 31.2 Å². The third-order valence-corrected chi connectivity index (χ3v) is 5.54. The van der Waals surface area contributed by atoms with Crippen molar-refractivity contribution in [2.45, 2.75) is 71.9 Å². The van der Waals surface area contributed by atoms with Crippen LogP contribution in [-0.4, -0.2) is 33.6 Å². The van der Waals surface area contributed by atoms with Crippen LogP contribution in [-0.2, 0) is 13.0 Å². The lowest BCUT2D eigenvalue weighted by Crippen LogP contribution is -2.28. The van der Waals surface area contributed by atoms with Gasteiger partial charge in [0, 0.05) is 18.9 Å². The summed E-state index contributed by atoms with van der Waals surface area (Å²) in [6.45, 7) is 11.5. The predicted molar refractivity (Wildman–Crippen MR) is 115 cm³/mol. The van der Waals surface area contributed by atoms with E-state index in [1.807, 2.05) is 0 Å². The number of rotatable bonds is 6. The first-order valence-corrected chi connectivity index (χ1v) is 10.7. The Morgan fingerprint density at radius 1 is 1.07 bits per heavy atom. The SMILES string of the molecule is Cc1ccccc1CCC1CCCN(Cc2nccnc2OC(C)(C)C)CC1. The largest absolute Gasteiger partial charge is 0.471 e. The van der Waals surface area contributed by atoms with Crippen LogP contribution < -0.4 is 4.74 Å². The molecule has 2 aromatic rings. The lowest BCUT2D eigenvalue weighted by molar-refractivity contribution is 0.119. The molecule has 1 aromatic carbocycles. The van der Waals surface area contributed by atoms with Crippen molar-refractivity contribution >= 4 is 0 Å². The highest BCUT2D eigenvalue weighted by atomic mass is 16.5. The molecule has 1 unspecified atom stereocenters. The van der Waals surface area contributed by atoms with E-state index in [-0.39, 0.29) is 5.60 Å². The van der Waals surface area contributed by atoms with Gasteiger partial charge in [-0.25, -0.2) is 4.98 Å². The summed E-state index contributed by atoms with van der Waals surface area (Å²) in [5.41, 5.74) is 3.62. The van der Waals surface area contributed by atoms with Gasteiger partial charge in [-0.05, 0) is 89.9 Å². The highest BCUT2D eigenvalue weighted by Gasteiger charge is 2.21. The van der Waals surface area contributed by atoms with Gasteiger partial charge in [0.25, 0.3) is 0 Å². The maximum absolute atomic E-state index is 6.03. The molecule has 0 saturated carbocycles. The van der Waals surface area contributed by atoms with Crippen LogP contribution in [0.15, 0.2) is 36.7 Å². The Labute approximate surface area is 170 Å². The normalized spacial score (nSPS) is 18.6. The van der Waals surface area contributed by atoms with Crippen LogP contribution in [0.5, 0.6) is 5.88 Å². The van der Waals surface area contributed by atoms with Gasteiger partial charge in [0.05, 0.1) is 0 Å². The highest BCUT2D eigenvalue weighted by Crippen LogP contribution is 2.26. The fraction of sp³-hybridized carbons (Fsp3) is 0.583. The second-order valence-electron chi connectivity index (χ2n) is 9.06. The number of likely N-dealkylation sites (tertiary alicyclic amines) is 1. The summed E-state index contributed by atoms with van der Waals surface area (Å²) in [5, 5.41) is 0. The summed E-state index contributed by atoms with van der Waals surface area (Å²) >= 11 is 0. The van der Waals surface area contributed by atoms with Gasteiger partial charge < -0.3 is 4.74 Å². The van der Waals surface area contributed by atoms with E-state index in [0.29, 0.717) is 5.88 Å². The molecule has 1 atom stereocenters. The molecule has 0 radical (unpaired) electrons. The Morgan fingerprint density at radius 3 is 2.64 bits per heavy atom. The predicted octanol–water partition coefficient (Wildman–Crippen LogP) is 5.20. The first-order valence-electron chi connectivity index (χ1n) is 10.7. The van der Waals surface area contributed by atoms with Gasteiger partial charge in [0.2, 0.25) is 5.88 Å². The molecule has 1 saturated heterocycles. The van der Waals surface area contributed by atoms with E-state index in [1.54, 1.807) is 12.4 Å². The van der Waals surface area contributed by atoms with E-state index in [1.165, 1.54) is 43.2 Å². The fourth-order valence-corrected chi connectivity index (χ4v) is 3.97. The summed E-state index contributed by atoms with van der Waals surface area (Å²) in [4.78, 5) is 11.5. The molecule has 2 heterocycles. The molecule has 1 fully saturated rings. The van der Waals surface area contributed by atoms with Gasteiger partial charge in [-0.15, -0.1) is 0 Å². The van der Waals surface area contributed by atoms with Crippen molar-refractivity contribution < 1.29 is 4.74 Å². The molecule has 3 rings (SSSR count). The summed E-state index contributed by atoms with van der Waals surface area (Å²) in [6, 6.07) is 8.80. The average Bonchev–Trinajstić information content (AvgIpc) is 2.87. The van der Waals surface area contributed by atoms with Crippen LogP contribution >= 0.6 is 0 Å². The highest BCUT2D eigenvalue weighted by molar-refractivity contribution is 5.25. The van der Waals surface area contributed by atoms with Crippen molar-refractivity contribution in [1.82, 2.24) is 14.9 Å². The summed E-state index contributed by atoms with van der Waals surface area (Å²) < 4.78 is 6.03. The maximum Gasteiger partial charge on any atom is 0.237 e. The Kier molecular flexibility index (Phi) is 7.06. The zero-order valence-electron chi connectivity index (χ0n) is 17.9. The second kappa shape index (κ2) is 9.51. The minimum Gasteiger partial charge on any atom is -0.471 e. The summed E-state index contributed by atoms with van der Waals surface area (Å²) in [5.74, 6) is 1.49. The van der Waals surface area contributed by atoms with Crippen molar-refractivity contribution in [3.8, 4) is 5.88 Å². The van der Waals surface area contributed by atoms with Crippen molar-refractivity contribution in [2.24, 2.45) is 5.92 Å². The molecule has 1 aliphatic rings. The molecular weight excluding hydrogens is 346 g/mol. The first-order chi connectivity index (χ1) is 13.4. The fourth-order valence-electron chi connectivity index (χ4n) is 3.97. The second-order valence-corrected chi connectivity index (χ2v) is 9.06. The van der Waals surface area contributed by atoms with Crippen LogP contribution in [0.3, 0.4) is 0 Å². The van der Waals surface area contributed by atoms with Crippen molar-refractivity contribution in [1.29, 1.82) is 0 Å². The average molecular weight is 382 g/mol. The third-order valence-electron chi connectivity index (χ3n) is 5.54. The van der Waals surface area contributed by atoms with Gasteiger partial charge in [-0.1, -0.05) is 24.3 Å². The Morgan fingerprint density at radius 2 is 1.86 bits per heavy atom. The molecule has 0 aliphatic carbocycles. The van der Waals surface area contributed by atoms with Gasteiger partial charge in [0.15, 0.2) is 0 Å².